The maximum Gasteiger partial charge on any atom is 0.143 e. The van der Waals surface area contributed by atoms with Gasteiger partial charge in [-0.2, -0.15) is 0 Å². The molecule has 2 unspecified atom stereocenters. The third-order valence-corrected chi connectivity index (χ3v) is 3.45. The van der Waals surface area contributed by atoms with Gasteiger partial charge in [-0.15, -0.1) is 0 Å². The van der Waals surface area contributed by atoms with Gasteiger partial charge in [0.15, 0.2) is 0 Å². The van der Waals surface area contributed by atoms with Crippen LogP contribution in [0.15, 0.2) is 18.2 Å². The predicted octanol–water partition coefficient (Wildman–Crippen LogP) is 2.76. The molecular formula is C14H22N2O. The van der Waals surface area contributed by atoms with Crippen LogP contribution in [-0.4, -0.2) is 20.2 Å². The van der Waals surface area contributed by atoms with Gasteiger partial charge < -0.3 is 15.4 Å². The lowest BCUT2D eigenvalue weighted by Gasteiger charge is -2.36. The molecule has 1 aliphatic heterocycles. The first kappa shape index (κ1) is 12.1. The summed E-state index contributed by atoms with van der Waals surface area (Å²) in [6.07, 6.45) is 1.32. The molecule has 1 aliphatic rings. The highest BCUT2D eigenvalue weighted by Gasteiger charge is 2.22. The fourth-order valence-corrected chi connectivity index (χ4v) is 2.77. The lowest BCUT2D eigenvalue weighted by atomic mass is 9.91. The van der Waals surface area contributed by atoms with Gasteiger partial charge in [-0.1, -0.05) is 13.8 Å². The minimum Gasteiger partial charge on any atom is -0.495 e. The number of hydrogen-bond donors (Lipinski definition) is 1. The summed E-state index contributed by atoms with van der Waals surface area (Å²) in [5, 5.41) is 0. The molecule has 3 heteroatoms. The molecule has 0 aliphatic carbocycles. The second-order valence-corrected chi connectivity index (χ2v) is 5.28. The number of ether oxygens (including phenoxy) is 1. The summed E-state index contributed by atoms with van der Waals surface area (Å²) in [4.78, 5) is 2.43. The molecule has 2 rings (SSSR count). The number of anilines is 2. The van der Waals surface area contributed by atoms with E-state index in [0.717, 1.165) is 30.7 Å². The van der Waals surface area contributed by atoms with Crippen molar-refractivity contribution >= 4 is 11.4 Å². The van der Waals surface area contributed by atoms with Crippen molar-refractivity contribution in [2.45, 2.75) is 20.3 Å². The smallest absolute Gasteiger partial charge is 0.143 e. The number of methoxy groups -OCH3 is 1. The Kier molecular flexibility index (Phi) is 3.46. The van der Waals surface area contributed by atoms with E-state index in [-0.39, 0.29) is 0 Å². The van der Waals surface area contributed by atoms with Gasteiger partial charge in [0.25, 0.3) is 0 Å². The average Bonchev–Trinajstić information content (AvgIpc) is 2.28. The summed E-state index contributed by atoms with van der Waals surface area (Å²) in [6.45, 7) is 6.88. The Balaban J connectivity index is 2.21. The van der Waals surface area contributed by atoms with Crippen molar-refractivity contribution in [2.75, 3.05) is 30.8 Å². The predicted molar refractivity (Wildman–Crippen MR) is 72.6 cm³/mol. The Morgan fingerprint density at radius 1 is 1.24 bits per heavy atom. The molecule has 0 radical (unpaired) electrons. The van der Waals surface area contributed by atoms with E-state index in [4.69, 9.17) is 10.5 Å². The quantitative estimate of drug-likeness (QED) is 0.800. The third-order valence-electron chi connectivity index (χ3n) is 3.45. The number of piperidine rings is 1. The zero-order chi connectivity index (χ0) is 12.4. The van der Waals surface area contributed by atoms with Crippen LogP contribution in [-0.2, 0) is 0 Å². The molecule has 0 bridgehead atoms. The normalized spacial score (nSPS) is 24.8. The van der Waals surface area contributed by atoms with Crippen molar-refractivity contribution in [1.82, 2.24) is 0 Å². The number of nitrogens with two attached hydrogens (primary N) is 1. The maximum atomic E-state index is 5.84. The van der Waals surface area contributed by atoms with E-state index in [1.54, 1.807) is 7.11 Å². The monoisotopic (exact) mass is 234 g/mol. The van der Waals surface area contributed by atoms with E-state index in [1.165, 1.54) is 12.1 Å². The molecule has 1 aromatic carbocycles. The Morgan fingerprint density at radius 2 is 1.88 bits per heavy atom. The van der Waals surface area contributed by atoms with Gasteiger partial charge in [-0.3, -0.25) is 0 Å². The van der Waals surface area contributed by atoms with Gasteiger partial charge in [-0.25, -0.2) is 0 Å². The first-order chi connectivity index (χ1) is 8.10. The Labute approximate surface area is 104 Å². The zero-order valence-corrected chi connectivity index (χ0v) is 10.9. The molecule has 0 amide bonds. The van der Waals surface area contributed by atoms with E-state index in [0.29, 0.717) is 5.69 Å². The van der Waals surface area contributed by atoms with E-state index in [1.807, 2.05) is 12.1 Å². The summed E-state index contributed by atoms with van der Waals surface area (Å²) in [6, 6.07) is 6.06. The van der Waals surface area contributed by atoms with Gasteiger partial charge in [-0.05, 0) is 30.4 Å². The van der Waals surface area contributed by atoms with Crippen LogP contribution >= 0.6 is 0 Å². The molecule has 1 fully saturated rings. The molecular weight excluding hydrogens is 212 g/mol. The van der Waals surface area contributed by atoms with E-state index in [9.17, 15) is 0 Å². The molecule has 1 heterocycles. The highest BCUT2D eigenvalue weighted by Crippen LogP contribution is 2.31. The van der Waals surface area contributed by atoms with Crippen LogP contribution in [0.4, 0.5) is 11.4 Å². The van der Waals surface area contributed by atoms with Crippen molar-refractivity contribution in [2.24, 2.45) is 11.8 Å². The minimum absolute atomic E-state index is 0.703. The van der Waals surface area contributed by atoms with Gasteiger partial charge in [0.05, 0.1) is 12.8 Å². The molecule has 94 valence electrons. The molecule has 0 aromatic heterocycles. The standard InChI is InChI=1S/C14H22N2O/c1-10-6-11(2)9-16(8-10)12-4-5-13(15)14(7-12)17-3/h4-5,7,10-11H,6,8-9,15H2,1-3H3. The maximum absolute atomic E-state index is 5.84. The molecule has 0 spiro atoms. The molecule has 1 aromatic rings. The van der Waals surface area contributed by atoms with Crippen LogP contribution in [0.2, 0.25) is 0 Å². The topological polar surface area (TPSA) is 38.5 Å². The van der Waals surface area contributed by atoms with Gasteiger partial charge in [0.2, 0.25) is 0 Å². The highest BCUT2D eigenvalue weighted by molar-refractivity contribution is 5.62. The van der Waals surface area contributed by atoms with Crippen LogP contribution in [0.1, 0.15) is 20.3 Å². The number of hydrogen-bond acceptors (Lipinski definition) is 3. The van der Waals surface area contributed by atoms with Crippen molar-refractivity contribution in [1.29, 1.82) is 0 Å². The summed E-state index contributed by atoms with van der Waals surface area (Å²) in [5.74, 6) is 2.28. The van der Waals surface area contributed by atoms with E-state index in [2.05, 4.69) is 24.8 Å². The van der Waals surface area contributed by atoms with Gasteiger partial charge >= 0.3 is 0 Å². The zero-order valence-electron chi connectivity index (χ0n) is 10.9. The Morgan fingerprint density at radius 3 is 2.47 bits per heavy atom. The lowest BCUT2D eigenvalue weighted by Crippen LogP contribution is -2.38. The molecule has 2 N–H and O–H groups in total. The Bertz CT molecular complexity index is 382. The lowest BCUT2D eigenvalue weighted by molar-refractivity contribution is 0.356. The number of nitrogen functional groups attached to an aromatic ring is 1. The summed E-state index contributed by atoms with van der Waals surface area (Å²) in [7, 11) is 1.66. The van der Waals surface area contributed by atoms with E-state index < -0.39 is 0 Å². The molecule has 2 atom stereocenters. The minimum atomic E-state index is 0.703. The number of rotatable bonds is 2. The van der Waals surface area contributed by atoms with Crippen molar-refractivity contribution in [3.8, 4) is 5.75 Å². The number of nitrogens with zero attached hydrogens (tertiary/aromatic N) is 1. The average molecular weight is 234 g/mol. The SMILES string of the molecule is COc1cc(N2CC(C)CC(C)C2)ccc1N. The Hall–Kier alpha value is -1.38. The fourth-order valence-electron chi connectivity index (χ4n) is 2.77. The van der Waals surface area contributed by atoms with Gasteiger partial charge in [0, 0.05) is 24.8 Å². The van der Waals surface area contributed by atoms with Crippen molar-refractivity contribution in [3.63, 3.8) is 0 Å². The first-order valence-corrected chi connectivity index (χ1v) is 6.28. The van der Waals surface area contributed by atoms with Crippen LogP contribution < -0.4 is 15.4 Å². The largest absolute Gasteiger partial charge is 0.495 e. The fraction of sp³-hybridized carbons (Fsp3) is 0.571. The molecule has 3 nitrogen and oxygen atoms in total. The summed E-state index contributed by atoms with van der Waals surface area (Å²) < 4.78 is 5.28. The second-order valence-electron chi connectivity index (χ2n) is 5.28. The molecule has 1 saturated heterocycles. The summed E-state index contributed by atoms with van der Waals surface area (Å²) >= 11 is 0. The number of benzene rings is 1. The van der Waals surface area contributed by atoms with Crippen molar-refractivity contribution in [3.05, 3.63) is 18.2 Å². The second kappa shape index (κ2) is 4.86. The van der Waals surface area contributed by atoms with Crippen LogP contribution in [0.5, 0.6) is 5.75 Å². The first-order valence-electron chi connectivity index (χ1n) is 6.28. The van der Waals surface area contributed by atoms with E-state index >= 15 is 0 Å². The summed E-state index contributed by atoms with van der Waals surface area (Å²) in [5.41, 5.74) is 7.76. The third kappa shape index (κ3) is 2.65. The van der Waals surface area contributed by atoms with Crippen LogP contribution in [0.25, 0.3) is 0 Å². The highest BCUT2D eigenvalue weighted by atomic mass is 16.5. The van der Waals surface area contributed by atoms with Gasteiger partial charge in [0.1, 0.15) is 5.75 Å². The van der Waals surface area contributed by atoms with Crippen LogP contribution in [0, 0.1) is 11.8 Å². The van der Waals surface area contributed by atoms with Crippen LogP contribution in [0.3, 0.4) is 0 Å². The molecule has 0 saturated carbocycles. The van der Waals surface area contributed by atoms with Crippen molar-refractivity contribution < 1.29 is 4.74 Å². The molecule has 17 heavy (non-hydrogen) atoms.